The summed E-state index contributed by atoms with van der Waals surface area (Å²) in [5, 5.41) is 7.93. The van der Waals surface area contributed by atoms with Crippen molar-refractivity contribution in [1.82, 2.24) is 14.5 Å². The first-order chi connectivity index (χ1) is 11.1. The van der Waals surface area contributed by atoms with Gasteiger partial charge >= 0.3 is 0 Å². The molecule has 3 heterocycles. The maximum atomic E-state index is 12.7. The van der Waals surface area contributed by atoms with Crippen molar-refractivity contribution < 1.29 is 17.6 Å². The molecule has 2 saturated heterocycles. The second-order valence-electron chi connectivity index (χ2n) is 5.94. The van der Waals surface area contributed by atoms with Gasteiger partial charge in [0.2, 0.25) is 21.8 Å². The van der Waals surface area contributed by atoms with Gasteiger partial charge in [0.05, 0.1) is 23.5 Å². The number of aryl methyl sites for hydroxylation is 1. The lowest BCUT2D eigenvalue weighted by Gasteiger charge is -2.18. The van der Waals surface area contributed by atoms with Crippen LogP contribution in [0.2, 0.25) is 0 Å². The molecular weight excluding hydrogens is 318 g/mol. The fourth-order valence-corrected chi connectivity index (χ4v) is 4.84. The van der Waals surface area contributed by atoms with Crippen LogP contribution < -0.4 is 0 Å². The summed E-state index contributed by atoms with van der Waals surface area (Å²) in [6.07, 6.45) is -0.120. The van der Waals surface area contributed by atoms with Crippen LogP contribution in [0.4, 0.5) is 0 Å². The summed E-state index contributed by atoms with van der Waals surface area (Å²) in [5.74, 6) is 1.05. The molecule has 0 radical (unpaired) electrons. The van der Waals surface area contributed by atoms with Crippen molar-refractivity contribution in [2.75, 3.05) is 19.7 Å². The molecule has 0 amide bonds. The van der Waals surface area contributed by atoms with Crippen molar-refractivity contribution in [2.45, 2.75) is 23.8 Å². The van der Waals surface area contributed by atoms with Crippen molar-refractivity contribution in [3.63, 3.8) is 0 Å². The Labute approximate surface area is 134 Å². The van der Waals surface area contributed by atoms with E-state index in [1.54, 1.807) is 37.3 Å². The second-order valence-corrected chi connectivity index (χ2v) is 7.87. The number of hydrogen-bond acceptors (Lipinski definition) is 6. The molecule has 1 aromatic carbocycles. The molecule has 0 spiro atoms. The molecule has 8 heteroatoms. The summed E-state index contributed by atoms with van der Waals surface area (Å²) in [6, 6.07) is 8.48. The van der Waals surface area contributed by atoms with Crippen LogP contribution in [0.15, 0.2) is 39.6 Å². The molecule has 122 valence electrons. The predicted octanol–water partition coefficient (Wildman–Crippen LogP) is 1.18. The van der Waals surface area contributed by atoms with Crippen molar-refractivity contribution >= 4 is 10.0 Å². The molecule has 4 rings (SSSR count). The van der Waals surface area contributed by atoms with Gasteiger partial charge in [-0.3, -0.25) is 0 Å². The van der Waals surface area contributed by atoms with Gasteiger partial charge in [-0.25, -0.2) is 8.42 Å². The lowest BCUT2D eigenvalue weighted by atomic mass is 9.93. The lowest BCUT2D eigenvalue weighted by molar-refractivity contribution is 0.105. The predicted molar refractivity (Wildman–Crippen MR) is 80.2 cm³/mol. The first-order valence-electron chi connectivity index (χ1n) is 7.52. The molecule has 0 aliphatic carbocycles. The van der Waals surface area contributed by atoms with Gasteiger partial charge in [-0.1, -0.05) is 18.2 Å². The number of nitrogens with zero attached hydrogens (tertiary/aromatic N) is 3. The van der Waals surface area contributed by atoms with E-state index in [-0.39, 0.29) is 17.9 Å². The Morgan fingerprint density at radius 3 is 2.65 bits per heavy atom. The lowest BCUT2D eigenvalue weighted by Crippen LogP contribution is -2.31. The highest BCUT2D eigenvalue weighted by Gasteiger charge is 2.49. The fraction of sp³-hybridized carbons (Fsp3) is 0.467. The molecule has 2 aliphatic rings. The Balaban J connectivity index is 1.58. The molecule has 2 aliphatic heterocycles. The number of fused-ring (bicyclic) bond motifs is 1. The third kappa shape index (κ3) is 2.46. The smallest absolute Gasteiger partial charge is 0.243 e. The zero-order valence-corrected chi connectivity index (χ0v) is 13.4. The van der Waals surface area contributed by atoms with E-state index in [2.05, 4.69) is 10.2 Å². The molecule has 2 aromatic rings. The zero-order chi connectivity index (χ0) is 16.0. The Kier molecular flexibility index (Phi) is 3.47. The molecule has 0 unspecified atom stereocenters. The van der Waals surface area contributed by atoms with Crippen molar-refractivity contribution in [3.05, 3.63) is 42.1 Å². The first-order valence-corrected chi connectivity index (χ1v) is 8.96. The minimum Gasteiger partial charge on any atom is -0.425 e. The maximum absolute atomic E-state index is 12.7. The van der Waals surface area contributed by atoms with E-state index in [1.165, 1.54) is 4.31 Å². The highest BCUT2D eigenvalue weighted by Crippen LogP contribution is 2.40. The summed E-state index contributed by atoms with van der Waals surface area (Å²) >= 11 is 0. The average Bonchev–Trinajstić information content (AvgIpc) is 3.23. The Hall–Kier alpha value is -1.77. The molecule has 1 aromatic heterocycles. The molecule has 0 N–H and O–H groups in total. The molecule has 2 fully saturated rings. The summed E-state index contributed by atoms with van der Waals surface area (Å²) in [5.41, 5.74) is 0. The van der Waals surface area contributed by atoms with Crippen LogP contribution in [0, 0.1) is 12.8 Å². The number of benzene rings is 1. The molecule has 7 nitrogen and oxygen atoms in total. The van der Waals surface area contributed by atoms with Gasteiger partial charge in [0.25, 0.3) is 0 Å². The zero-order valence-electron chi connectivity index (χ0n) is 12.6. The van der Waals surface area contributed by atoms with E-state index in [9.17, 15) is 8.42 Å². The minimum absolute atomic E-state index is 0.0443. The Morgan fingerprint density at radius 1 is 1.17 bits per heavy atom. The highest BCUT2D eigenvalue weighted by molar-refractivity contribution is 7.89. The van der Waals surface area contributed by atoms with Crippen molar-refractivity contribution in [2.24, 2.45) is 5.92 Å². The largest absolute Gasteiger partial charge is 0.425 e. The SMILES string of the molecule is Cc1nnc([C@@H]2CO[C@H]3CN(S(=O)(=O)c4ccccc4)C[C@H]32)o1. The van der Waals surface area contributed by atoms with Gasteiger partial charge in [0.1, 0.15) is 0 Å². The maximum Gasteiger partial charge on any atom is 0.243 e. The molecule has 23 heavy (non-hydrogen) atoms. The quantitative estimate of drug-likeness (QED) is 0.837. The Bertz CT molecular complexity index is 805. The average molecular weight is 335 g/mol. The van der Waals surface area contributed by atoms with Crippen LogP contribution in [0.3, 0.4) is 0 Å². The Morgan fingerprint density at radius 2 is 1.96 bits per heavy atom. The highest BCUT2D eigenvalue weighted by atomic mass is 32.2. The van der Waals surface area contributed by atoms with E-state index in [0.29, 0.717) is 36.4 Å². The van der Waals surface area contributed by atoms with E-state index in [0.717, 1.165) is 0 Å². The molecule has 0 saturated carbocycles. The monoisotopic (exact) mass is 335 g/mol. The molecular formula is C15H17N3O4S. The summed E-state index contributed by atoms with van der Waals surface area (Å²) < 4.78 is 38.2. The van der Waals surface area contributed by atoms with E-state index in [4.69, 9.17) is 9.15 Å². The van der Waals surface area contributed by atoms with Crippen LogP contribution in [0.25, 0.3) is 0 Å². The van der Waals surface area contributed by atoms with Crippen molar-refractivity contribution in [1.29, 1.82) is 0 Å². The van der Waals surface area contributed by atoms with Crippen LogP contribution in [-0.4, -0.2) is 48.7 Å². The fourth-order valence-electron chi connectivity index (χ4n) is 3.33. The van der Waals surface area contributed by atoms with Crippen molar-refractivity contribution in [3.8, 4) is 0 Å². The van der Waals surface area contributed by atoms with Crippen LogP contribution >= 0.6 is 0 Å². The number of hydrogen-bond donors (Lipinski definition) is 0. The topological polar surface area (TPSA) is 85.5 Å². The molecule has 3 atom stereocenters. The summed E-state index contributed by atoms with van der Waals surface area (Å²) in [7, 11) is -3.49. The van der Waals surface area contributed by atoms with Gasteiger partial charge in [0.15, 0.2) is 0 Å². The summed E-state index contributed by atoms with van der Waals surface area (Å²) in [6.45, 7) is 3.01. The van der Waals surface area contributed by atoms with Gasteiger partial charge in [-0.05, 0) is 12.1 Å². The van der Waals surface area contributed by atoms with Crippen LogP contribution in [-0.2, 0) is 14.8 Å². The molecule has 0 bridgehead atoms. The van der Waals surface area contributed by atoms with E-state index < -0.39 is 10.0 Å². The van der Waals surface area contributed by atoms with Crippen LogP contribution in [0.1, 0.15) is 17.7 Å². The normalized spacial score (nSPS) is 28.1. The van der Waals surface area contributed by atoms with E-state index in [1.807, 2.05) is 0 Å². The third-order valence-corrected chi connectivity index (χ3v) is 6.37. The van der Waals surface area contributed by atoms with Gasteiger partial charge in [-0.15, -0.1) is 10.2 Å². The number of sulfonamides is 1. The van der Waals surface area contributed by atoms with E-state index >= 15 is 0 Å². The first kappa shape index (κ1) is 14.8. The number of aromatic nitrogens is 2. The minimum atomic E-state index is -3.49. The second kappa shape index (κ2) is 5.40. The summed E-state index contributed by atoms with van der Waals surface area (Å²) in [4.78, 5) is 0.310. The van der Waals surface area contributed by atoms with Crippen LogP contribution in [0.5, 0.6) is 0 Å². The van der Waals surface area contributed by atoms with Gasteiger partial charge in [0, 0.05) is 25.9 Å². The van der Waals surface area contributed by atoms with Gasteiger partial charge in [-0.2, -0.15) is 4.31 Å². The van der Waals surface area contributed by atoms with Gasteiger partial charge < -0.3 is 9.15 Å². The standard InChI is InChI=1S/C15H17N3O4S/c1-10-16-17-15(22-10)13-9-21-14-8-18(7-12(13)14)23(19,20)11-5-3-2-4-6-11/h2-6,12-14H,7-9H2,1H3/t12-,13+,14-/m0/s1. The third-order valence-electron chi connectivity index (χ3n) is 4.52. The number of rotatable bonds is 3. The number of ether oxygens (including phenoxy) is 1.